The lowest BCUT2D eigenvalue weighted by atomic mass is 9.97. The highest BCUT2D eigenvalue weighted by atomic mass is 15.2. The molecule has 4 aromatic carbocycles. The van der Waals surface area contributed by atoms with E-state index in [-0.39, 0.29) is 0 Å². The number of benzene rings is 4. The van der Waals surface area contributed by atoms with Gasteiger partial charge in [-0.2, -0.15) is 0 Å². The van der Waals surface area contributed by atoms with Crippen molar-refractivity contribution in [1.29, 1.82) is 0 Å². The van der Waals surface area contributed by atoms with Crippen molar-refractivity contribution in [1.82, 2.24) is 0 Å². The summed E-state index contributed by atoms with van der Waals surface area (Å²) < 4.78 is 0. The Kier molecular flexibility index (Phi) is 4.68. The molecule has 1 heteroatoms. The zero-order chi connectivity index (χ0) is 18.8. The van der Waals surface area contributed by atoms with E-state index >= 15 is 0 Å². The second kappa shape index (κ2) is 7.28. The van der Waals surface area contributed by atoms with Crippen LogP contribution in [-0.4, -0.2) is 6.04 Å². The molecule has 1 nitrogen and oxygen atoms in total. The molecule has 0 heterocycles. The first kappa shape index (κ1) is 17.4. The van der Waals surface area contributed by atoms with E-state index in [4.69, 9.17) is 0 Å². The summed E-state index contributed by atoms with van der Waals surface area (Å²) in [4.78, 5) is 2.40. The third-order valence-corrected chi connectivity index (χ3v) is 5.02. The van der Waals surface area contributed by atoms with Gasteiger partial charge in [-0.3, -0.25) is 0 Å². The van der Waals surface area contributed by atoms with Crippen molar-refractivity contribution in [2.45, 2.75) is 26.8 Å². The summed E-state index contributed by atoms with van der Waals surface area (Å²) in [5.74, 6) is 0. The standard InChI is InChI=1S/C26H25N/c1-19(2)27(23-13-6-9-20(3)17-23)24-14-7-12-22(18-24)26-16-8-11-21-10-4-5-15-25(21)26/h4-19H,1-3H3. The maximum absolute atomic E-state index is 2.40. The molecule has 0 aliphatic carbocycles. The molecule has 0 N–H and O–H groups in total. The monoisotopic (exact) mass is 351 g/mol. The van der Waals surface area contributed by atoms with E-state index in [0.29, 0.717) is 6.04 Å². The molecule has 4 rings (SSSR count). The molecule has 0 aliphatic rings. The fourth-order valence-corrected chi connectivity index (χ4v) is 3.82. The average Bonchev–Trinajstić information content (AvgIpc) is 2.68. The second-order valence-electron chi connectivity index (χ2n) is 7.38. The minimum absolute atomic E-state index is 0.370. The summed E-state index contributed by atoms with van der Waals surface area (Å²) >= 11 is 0. The number of hydrogen-bond donors (Lipinski definition) is 0. The fourth-order valence-electron chi connectivity index (χ4n) is 3.82. The first-order valence-corrected chi connectivity index (χ1v) is 9.57. The number of aryl methyl sites for hydroxylation is 1. The quantitative estimate of drug-likeness (QED) is 0.371. The zero-order valence-corrected chi connectivity index (χ0v) is 16.2. The van der Waals surface area contributed by atoms with Crippen molar-refractivity contribution in [3.05, 3.63) is 96.6 Å². The average molecular weight is 351 g/mol. The van der Waals surface area contributed by atoms with Crippen molar-refractivity contribution in [2.75, 3.05) is 4.90 Å². The molecule has 0 radical (unpaired) electrons. The number of rotatable bonds is 4. The minimum atomic E-state index is 0.370. The Morgan fingerprint density at radius 3 is 2.11 bits per heavy atom. The summed E-state index contributed by atoms with van der Waals surface area (Å²) in [6.45, 7) is 6.63. The van der Waals surface area contributed by atoms with Crippen LogP contribution in [0.25, 0.3) is 21.9 Å². The highest BCUT2D eigenvalue weighted by Gasteiger charge is 2.14. The molecule has 0 bridgehead atoms. The Morgan fingerprint density at radius 2 is 1.33 bits per heavy atom. The molecule has 0 amide bonds. The van der Waals surface area contributed by atoms with Gasteiger partial charge in [-0.1, -0.05) is 66.7 Å². The van der Waals surface area contributed by atoms with Crippen molar-refractivity contribution < 1.29 is 0 Å². The highest BCUT2D eigenvalue weighted by Crippen LogP contribution is 2.34. The SMILES string of the molecule is Cc1cccc(N(c2cccc(-c3cccc4ccccc34)c2)C(C)C)c1. The Labute approximate surface area is 161 Å². The van der Waals surface area contributed by atoms with Crippen LogP contribution >= 0.6 is 0 Å². The van der Waals surface area contributed by atoms with Crippen molar-refractivity contribution in [3.63, 3.8) is 0 Å². The molecule has 0 fully saturated rings. The third-order valence-electron chi connectivity index (χ3n) is 5.02. The molecule has 27 heavy (non-hydrogen) atoms. The van der Waals surface area contributed by atoms with Crippen LogP contribution in [0.15, 0.2) is 91.0 Å². The second-order valence-corrected chi connectivity index (χ2v) is 7.38. The smallest absolute Gasteiger partial charge is 0.0419 e. The number of nitrogens with zero attached hydrogens (tertiary/aromatic N) is 1. The predicted octanol–water partition coefficient (Wildman–Crippen LogP) is 7.36. The topological polar surface area (TPSA) is 3.24 Å². The minimum Gasteiger partial charge on any atom is -0.339 e. The summed E-state index contributed by atoms with van der Waals surface area (Å²) in [6, 6.07) is 33.1. The van der Waals surface area contributed by atoms with Gasteiger partial charge in [-0.25, -0.2) is 0 Å². The van der Waals surface area contributed by atoms with Gasteiger partial charge in [-0.15, -0.1) is 0 Å². The zero-order valence-electron chi connectivity index (χ0n) is 16.2. The van der Waals surface area contributed by atoms with Crippen LogP contribution < -0.4 is 4.90 Å². The predicted molar refractivity (Wildman–Crippen MR) is 118 cm³/mol. The highest BCUT2D eigenvalue weighted by molar-refractivity contribution is 5.97. The lowest BCUT2D eigenvalue weighted by Crippen LogP contribution is -2.25. The van der Waals surface area contributed by atoms with Gasteiger partial charge in [-0.05, 0) is 72.5 Å². The third kappa shape index (κ3) is 3.46. The van der Waals surface area contributed by atoms with Crippen molar-refractivity contribution in [3.8, 4) is 11.1 Å². The molecule has 0 unspecified atom stereocenters. The van der Waals surface area contributed by atoms with E-state index in [9.17, 15) is 0 Å². The summed E-state index contributed by atoms with van der Waals surface area (Å²) in [6.07, 6.45) is 0. The summed E-state index contributed by atoms with van der Waals surface area (Å²) in [5, 5.41) is 2.57. The fraction of sp³-hybridized carbons (Fsp3) is 0.154. The molecular formula is C26H25N. The maximum Gasteiger partial charge on any atom is 0.0419 e. The Morgan fingerprint density at radius 1 is 0.667 bits per heavy atom. The van der Waals surface area contributed by atoms with Crippen LogP contribution in [0.3, 0.4) is 0 Å². The van der Waals surface area contributed by atoms with Crippen LogP contribution in [0, 0.1) is 6.92 Å². The lowest BCUT2D eigenvalue weighted by Gasteiger charge is -2.30. The van der Waals surface area contributed by atoms with Crippen LogP contribution in [0.2, 0.25) is 0 Å². The van der Waals surface area contributed by atoms with E-state index in [1.54, 1.807) is 0 Å². The molecule has 4 aromatic rings. The van der Waals surface area contributed by atoms with Gasteiger partial charge in [0.15, 0.2) is 0 Å². The van der Waals surface area contributed by atoms with Gasteiger partial charge in [0.1, 0.15) is 0 Å². The van der Waals surface area contributed by atoms with E-state index in [1.165, 1.54) is 38.8 Å². The van der Waals surface area contributed by atoms with E-state index in [2.05, 4.69) is 117 Å². The van der Waals surface area contributed by atoms with E-state index < -0.39 is 0 Å². The van der Waals surface area contributed by atoms with Gasteiger partial charge in [0.05, 0.1) is 0 Å². The first-order valence-electron chi connectivity index (χ1n) is 9.57. The molecule has 0 aromatic heterocycles. The number of anilines is 2. The van der Waals surface area contributed by atoms with Gasteiger partial charge >= 0.3 is 0 Å². The van der Waals surface area contributed by atoms with Gasteiger partial charge < -0.3 is 4.90 Å². The molecule has 0 spiro atoms. The number of fused-ring (bicyclic) bond motifs is 1. The summed E-state index contributed by atoms with van der Waals surface area (Å²) in [5.41, 5.74) is 6.27. The molecule has 0 saturated heterocycles. The summed E-state index contributed by atoms with van der Waals surface area (Å²) in [7, 11) is 0. The molecule has 0 atom stereocenters. The molecule has 0 aliphatic heterocycles. The van der Waals surface area contributed by atoms with Gasteiger partial charge in [0.25, 0.3) is 0 Å². The van der Waals surface area contributed by atoms with Crippen LogP contribution in [0.4, 0.5) is 11.4 Å². The lowest BCUT2D eigenvalue weighted by molar-refractivity contribution is 0.788. The Hall–Kier alpha value is -3.06. The van der Waals surface area contributed by atoms with Crippen LogP contribution in [0.5, 0.6) is 0 Å². The van der Waals surface area contributed by atoms with E-state index in [0.717, 1.165) is 0 Å². The van der Waals surface area contributed by atoms with Crippen LogP contribution in [0.1, 0.15) is 19.4 Å². The van der Waals surface area contributed by atoms with Crippen molar-refractivity contribution in [2.24, 2.45) is 0 Å². The van der Waals surface area contributed by atoms with Crippen LogP contribution in [-0.2, 0) is 0 Å². The normalized spacial score (nSPS) is 11.1. The molecular weight excluding hydrogens is 326 g/mol. The van der Waals surface area contributed by atoms with Gasteiger partial charge in [0, 0.05) is 17.4 Å². The Balaban J connectivity index is 1.84. The van der Waals surface area contributed by atoms with Gasteiger partial charge in [0.2, 0.25) is 0 Å². The maximum atomic E-state index is 2.40. The van der Waals surface area contributed by atoms with E-state index in [1.807, 2.05) is 0 Å². The Bertz CT molecular complexity index is 1070. The van der Waals surface area contributed by atoms with Crippen molar-refractivity contribution >= 4 is 22.1 Å². The first-order chi connectivity index (χ1) is 13.1. The largest absolute Gasteiger partial charge is 0.339 e. The number of hydrogen-bond acceptors (Lipinski definition) is 1. The molecule has 0 saturated carbocycles. The molecule has 134 valence electrons.